The van der Waals surface area contributed by atoms with Gasteiger partial charge in [0.1, 0.15) is 5.60 Å². The van der Waals surface area contributed by atoms with E-state index in [1.54, 1.807) is 12.1 Å². The van der Waals surface area contributed by atoms with E-state index in [0.717, 1.165) is 0 Å². The SMILES string of the molecule is CC(C)Oc1ccc(NC(=O)OC(C)(C)C)cn1. The second-order valence-electron chi connectivity index (χ2n) is 5.18. The summed E-state index contributed by atoms with van der Waals surface area (Å²) in [5.41, 5.74) is 0.0541. The lowest BCUT2D eigenvalue weighted by molar-refractivity contribution is 0.0636. The summed E-state index contributed by atoms with van der Waals surface area (Å²) in [7, 11) is 0. The molecule has 0 atom stereocenters. The first-order chi connectivity index (χ1) is 8.26. The van der Waals surface area contributed by atoms with Gasteiger partial charge in [0.2, 0.25) is 5.88 Å². The monoisotopic (exact) mass is 252 g/mol. The minimum absolute atomic E-state index is 0.0714. The molecule has 5 heteroatoms. The summed E-state index contributed by atoms with van der Waals surface area (Å²) in [6.07, 6.45) is 1.10. The van der Waals surface area contributed by atoms with Gasteiger partial charge in [-0.1, -0.05) is 0 Å². The van der Waals surface area contributed by atoms with Crippen molar-refractivity contribution in [3.8, 4) is 5.88 Å². The summed E-state index contributed by atoms with van der Waals surface area (Å²) in [6, 6.07) is 3.42. The third-order valence-electron chi connectivity index (χ3n) is 1.74. The summed E-state index contributed by atoms with van der Waals surface area (Å²) in [4.78, 5) is 15.6. The Hall–Kier alpha value is -1.78. The molecule has 0 aliphatic rings. The first-order valence-corrected chi connectivity index (χ1v) is 5.89. The van der Waals surface area contributed by atoms with Crippen LogP contribution in [-0.2, 0) is 4.74 Å². The average Bonchev–Trinajstić information content (AvgIpc) is 2.17. The van der Waals surface area contributed by atoms with Gasteiger partial charge in [0.25, 0.3) is 0 Å². The number of aromatic nitrogens is 1. The van der Waals surface area contributed by atoms with Gasteiger partial charge in [-0.05, 0) is 40.7 Å². The highest BCUT2D eigenvalue weighted by molar-refractivity contribution is 5.84. The maximum Gasteiger partial charge on any atom is 0.412 e. The fourth-order valence-corrected chi connectivity index (χ4v) is 1.19. The van der Waals surface area contributed by atoms with Gasteiger partial charge in [0.15, 0.2) is 0 Å². The largest absolute Gasteiger partial charge is 0.475 e. The maximum absolute atomic E-state index is 11.5. The fourth-order valence-electron chi connectivity index (χ4n) is 1.19. The van der Waals surface area contributed by atoms with Gasteiger partial charge in [-0.15, -0.1) is 0 Å². The molecule has 0 fully saturated rings. The van der Waals surface area contributed by atoms with E-state index in [1.165, 1.54) is 6.20 Å². The lowest BCUT2D eigenvalue weighted by atomic mass is 10.2. The summed E-state index contributed by atoms with van der Waals surface area (Å²) in [5.74, 6) is 0.528. The number of rotatable bonds is 3. The molecule has 1 rings (SSSR count). The predicted molar refractivity (Wildman–Crippen MR) is 69.9 cm³/mol. The van der Waals surface area contributed by atoms with Crippen LogP contribution in [0.25, 0.3) is 0 Å². The van der Waals surface area contributed by atoms with E-state index in [0.29, 0.717) is 11.6 Å². The Bertz CT molecular complexity index is 394. The molecule has 1 aromatic rings. The number of hydrogen-bond acceptors (Lipinski definition) is 4. The van der Waals surface area contributed by atoms with E-state index in [4.69, 9.17) is 9.47 Å². The number of amides is 1. The van der Waals surface area contributed by atoms with Crippen LogP contribution in [0.2, 0.25) is 0 Å². The Morgan fingerprint density at radius 2 is 2.00 bits per heavy atom. The Morgan fingerprint density at radius 3 is 2.44 bits per heavy atom. The molecule has 0 saturated carbocycles. The zero-order valence-corrected chi connectivity index (χ0v) is 11.5. The molecule has 0 aliphatic heterocycles. The Kier molecular flexibility index (Phi) is 4.53. The molecule has 1 N–H and O–H groups in total. The zero-order valence-electron chi connectivity index (χ0n) is 11.5. The normalized spacial score (nSPS) is 11.2. The average molecular weight is 252 g/mol. The molecule has 0 radical (unpaired) electrons. The quantitative estimate of drug-likeness (QED) is 0.897. The summed E-state index contributed by atoms with van der Waals surface area (Å²) in [5, 5.41) is 2.60. The van der Waals surface area contributed by atoms with Crippen molar-refractivity contribution >= 4 is 11.8 Å². The number of nitrogens with zero attached hydrogens (tertiary/aromatic N) is 1. The molecule has 1 amide bonds. The number of carbonyl (C=O) groups excluding carboxylic acids is 1. The third kappa shape index (κ3) is 5.52. The number of ether oxygens (including phenoxy) is 2. The molecule has 18 heavy (non-hydrogen) atoms. The standard InChI is InChI=1S/C13H20N2O3/c1-9(2)17-11-7-6-10(8-14-11)15-12(16)18-13(3,4)5/h6-9H,1-5H3,(H,15,16). The molecule has 0 spiro atoms. The second-order valence-corrected chi connectivity index (χ2v) is 5.18. The van der Waals surface area contributed by atoms with Crippen LogP contribution in [0, 0.1) is 0 Å². The number of nitrogens with one attached hydrogen (secondary N) is 1. The molecule has 0 unspecified atom stereocenters. The van der Waals surface area contributed by atoms with Gasteiger partial charge in [-0.3, -0.25) is 5.32 Å². The molecule has 0 aromatic carbocycles. The number of carbonyl (C=O) groups is 1. The van der Waals surface area contributed by atoms with Crippen molar-refractivity contribution in [3.05, 3.63) is 18.3 Å². The van der Waals surface area contributed by atoms with Crippen molar-refractivity contribution < 1.29 is 14.3 Å². The van der Waals surface area contributed by atoms with Crippen molar-refractivity contribution in [2.45, 2.75) is 46.3 Å². The topological polar surface area (TPSA) is 60.5 Å². The Labute approximate surface area is 108 Å². The van der Waals surface area contributed by atoms with Crippen LogP contribution in [-0.4, -0.2) is 22.8 Å². The lowest BCUT2D eigenvalue weighted by Gasteiger charge is -2.19. The number of hydrogen-bond donors (Lipinski definition) is 1. The van der Waals surface area contributed by atoms with Crippen molar-refractivity contribution in [1.82, 2.24) is 4.98 Å². The van der Waals surface area contributed by atoms with E-state index >= 15 is 0 Å². The van der Waals surface area contributed by atoms with Gasteiger partial charge in [-0.25, -0.2) is 9.78 Å². The molecular formula is C13H20N2O3. The number of anilines is 1. The minimum atomic E-state index is -0.516. The van der Waals surface area contributed by atoms with E-state index < -0.39 is 11.7 Å². The zero-order chi connectivity index (χ0) is 13.8. The minimum Gasteiger partial charge on any atom is -0.475 e. The van der Waals surface area contributed by atoms with Crippen molar-refractivity contribution in [2.75, 3.05) is 5.32 Å². The van der Waals surface area contributed by atoms with Crippen LogP contribution < -0.4 is 10.1 Å². The molecule has 100 valence electrons. The van der Waals surface area contributed by atoms with Crippen LogP contribution in [0.15, 0.2) is 18.3 Å². The summed E-state index contributed by atoms with van der Waals surface area (Å²) < 4.78 is 10.5. The molecule has 0 saturated heterocycles. The third-order valence-corrected chi connectivity index (χ3v) is 1.74. The van der Waals surface area contributed by atoms with E-state index in [2.05, 4.69) is 10.3 Å². The van der Waals surface area contributed by atoms with Gasteiger partial charge in [-0.2, -0.15) is 0 Å². The Balaban J connectivity index is 2.56. The highest BCUT2D eigenvalue weighted by Crippen LogP contribution is 2.14. The highest BCUT2D eigenvalue weighted by Gasteiger charge is 2.16. The highest BCUT2D eigenvalue weighted by atomic mass is 16.6. The number of pyridine rings is 1. The van der Waals surface area contributed by atoms with Crippen LogP contribution >= 0.6 is 0 Å². The summed E-state index contributed by atoms with van der Waals surface area (Å²) in [6.45, 7) is 9.28. The van der Waals surface area contributed by atoms with Gasteiger partial charge < -0.3 is 9.47 Å². The molecule has 5 nitrogen and oxygen atoms in total. The molecular weight excluding hydrogens is 232 g/mol. The van der Waals surface area contributed by atoms with Crippen molar-refractivity contribution in [3.63, 3.8) is 0 Å². The van der Waals surface area contributed by atoms with E-state index in [1.807, 2.05) is 34.6 Å². The first kappa shape index (κ1) is 14.3. The lowest BCUT2D eigenvalue weighted by Crippen LogP contribution is -2.27. The van der Waals surface area contributed by atoms with Crippen LogP contribution in [0.1, 0.15) is 34.6 Å². The molecule has 1 heterocycles. The molecule has 0 bridgehead atoms. The molecule has 0 aliphatic carbocycles. The fraction of sp³-hybridized carbons (Fsp3) is 0.538. The van der Waals surface area contributed by atoms with E-state index in [9.17, 15) is 4.79 Å². The van der Waals surface area contributed by atoms with Gasteiger partial charge in [0.05, 0.1) is 18.0 Å². The smallest absolute Gasteiger partial charge is 0.412 e. The van der Waals surface area contributed by atoms with Crippen molar-refractivity contribution in [1.29, 1.82) is 0 Å². The van der Waals surface area contributed by atoms with Crippen molar-refractivity contribution in [2.24, 2.45) is 0 Å². The summed E-state index contributed by atoms with van der Waals surface area (Å²) >= 11 is 0. The van der Waals surface area contributed by atoms with Crippen LogP contribution in [0.5, 0.6) is 5.88 Å². The first-order valence-electron chi connectivity index (χ1n) is 5.89. The maximum atomic E-state index is 11.5. The second kappa shape index (κ2) is 5.71. The molecule has 1 aromatic heterocycles. The Morgan fingerprint density at radius 1 is 1.33 bits per heavy atom. The van der Waals surface area contributed by atoms with Gasteiger partial charge >= 0.3 is 6.09 Å². The predicted octanol–water partition coefficient (Wildman–Crippen LogP) is 3.22. The van der Waals surface area contributed by atoms with E-state index in [-0.39, 0.29) is 6.10 Å². The van der Waals surface area contributed by atoms with Crippen LogP contribution in [0.4, 0.5) is 10.5 Å². The van der Waals surface area contributed by atoms with Crippen LogP contribution in [0.3, 0.4) is 0 Å². The van der Waals surface area contributed by atoms with Gasteiger partial charge in [0, 0.05) is 6.07 Å².